The molecule has 2 aliphatic rings. The number of aromatic amines is 1. The van der Waals surface area contributed by atoms with Crippen LogP contribution in [-0.4, -0.2) is 57.1 Å². The van der Waals surface area contributed by atoms with Gasteiger partial charge in [0.15, 0.2) is 5.65 Å². The molecule has 5 rings (SSSR count). The lowest BCUT2D eigenvalue weighted by Gasteiger charge is -2.41. The monoisotopic (exact) mass is 449 g/mol. The van der Waals surface area contributed by atoms with Crippen molar-refractivity contribution in [2.75, 3.05) is 31.2 Å². The van der Waals surface area contributed by atoms with Crippen molar-refractivity contribution in [1.29, 1.82) is 0 Å². The zero-order valence-corrected chi connectivity index (χ0v) is 17.9. The number of hydrogen-bond acceptors (Lipinski definition) is 7. The Morgan fingerprint density at radius 3 is 2.80 bits per heavy atom. The van der Waals surface area contributed by atoms with E-state index in [0.717, 1.165) is 25.9 Å². The van der Waals surface area contributed by atoms with Crippen LogP contribution in [0.2, 0.25) is 10.2 Å². The first-order chi connectivity index (χ1) is 14.4. The van der Waals surface area contributed by atoms with Crippen LogP contribution in [0.3, 0.4) is 0 Å². The van der Waals surface area contributed by atoms with Crippen molar-refractivity contribution >= 4 is 40.2 Å². The summed E-state index contributed by atoms with van der Waals surface area (Å²) in [6.45, 7) is 2.83. The van der Waals surface area contributed by atoms with Crippen LogP contribution in [-0.2, 0) is 11.8 Å². The van der Waals surface area contributed by atoms with Crippen LogP contribution in [0.4, 0.5) is 5.95 Å². The van der Waals surface area contributed by atoms with Gasteiger partial charge in [0, 0.05) is 43.4 Å². The second-order valence-corrected chi connectivity index (χ2v) is 8.74. The molecule has 9 nitrogen and oxygen atoms in total. The molecule has 1 spiro atoms. The Kier molecular flexibility index (Phi) is 4.73. The van der Waals surface area contributed by atoms with Crippen LogP contribution < -0.4 is 16.2 Å². The van der Waals surface area contributed by atoms with Gasteiger partial charge < -0.3 is 15.4 Å². The highest BCUT2D eigenvalue weighted by molar-refractivity contribution is 6.43. The Morgan fingerprint density at radius 1 is 1.33 bits per heavy atom. The molecule has 3 aromatic heterocycles. The number of piperidine rings is 1. The van der Waals surface area contributed by atoms with Crippen molar-refractivity contribution in [3.8, 4) is 11.3 Å². The van der Waals surface area contributed by atoms with E-state index in [0.29, 0.717) is 41.5 Å². The average molecular weight is 450 g/mol. The third-order valence-electron chi connectivity index (χ3n) is 6.39. The maximum atomic E-state index is 13.2. The fraction of sp³-hybridized carbons (Fsp3) is 0.474. The van der Waals surface area contributed by atoms with Gasteiger partial charge in [-0.05, 0) is 18.9 Å². The van der Waals surface area contributed by atoms with Crippen LogP contribution in [0.5, 0.6) is 0 Å². The molecular formula is C19H21Cl2N7O2. The van der Waals surface area contributed by atoms with Crippen LogP contribution in [0.25, 0.3) is 22.3 Å². The van der Waals surface area contributed by atoms with Crippen LogP contribution in [0.1, 0.15) is 12.8 Å². The second kappa shape index (κ2) is 7.19. The fourth-order valence-electron chi connectivity index (χ4n) is 4.47. The van der Waals surface area contributed by atoms with E-state index in [1.165, 1.54) is 6.20 Å². The maximum absolute atomic E-state index is 13.2. The standard InChI is InChI=1S/C19H21Cl2N7O2/c1-27-17(29)12-14(10-2-5-23-15(21)13(10)20)25-26-16(12)24-18(27)28-6-3-19(4-7-28)9-30-8-11(19)22/h2,5,11H,3-4,6-9,22H2,1H3,(H,25,26)/t11-/m1/s1. The van der Waals surface area contributed by atoms with Crippen LogP contribution in [0, 0.1) is 5.41 Å². The highest BCUT2D eigenvalue weighted by Gasteiger charge is 2.44. The van der Waals surface area contributed by atoms with Crippen molar-refractivity contribution in [1.82, 2.24) is 24.7 Å². The molecule has 1 atom stereocenters. The number of nitrogens with zero attached hydrogens (tertiary/aromatic N) is 5. The summed E-state index contributed by atoms with van der Waals surface area (Å²) in [7, 11) is 1.72. The first-order valence-electron chi connectivity index (χ1n) is 9.75. The zero-order valence-electron chi connectivity index (χ0n) is 16.4. The molecule has 2 saturated heterocycles. The van der Waals surface area contributed by atoms with Gasteiger partial charge in [0.05, 0.1) is 18.2 Å². The smallest absolute Gasteiger partial charge is 0.266 e. The maximum Gasteiger partial charge on any atom is 0.266 e. The van der Waals surface area contributed by atoms with E-state index in [4.69, 9.17) is 38.7 Å². The molecule has 3 aromatic rings. The van der Waals surface area contributed by atoms with Gasteiger partial charge in [-0.3, -0.25) is 14.5 Å². The Balaban J connectivity index is 1.53. The summed E-state index contributed by atoms with van der Waals surface area (Å²) in [5, 5.41) is 7.94. The quantitative estimate of drug-likeness (QED) is 0.574. The SMILES string of the molecule is Cn1c(N2CCC3(CC2)COC[C@H]3N)nc2[nH]nc(-c3ccnc(Cl)c3Cl)c2c1=O. The van der Waals surface area contributed by atoms with Gasteiger partial charge >= 0.3 is 0 Å². The van der Waals surface area contributed by atoms with Crippen molar-refractivity contribution < 1.29 is 4.74 Å². The molecule has 11 heteroatoms. The number of halogens is 2. The largest absolute Gasteiger partial charge is 0.379 e. The van der Waals surface area contributed by atoms with E-state index >= 15 is 0 Å². The van der Waals surface area contributed by atoms with E-state index in [9.17, 15) is 4.79 Å². The first-order valence-corrected chi connectivity index (χ1v) is 10.5. The predicted octanol–water partition coefficient (Wildman–Crippen LogP) is 1.97. The minimum Gasteiger partial charge on any atom is -0.379 e. The lowest BCUT2D eigenvalue weighted by Crippen LogP contribution is -2.50. The number of ether oxygens (including phenoxy) is 1. The highest BCUT2D eigenvalue weighted by Crippen LogP contribution is 2.39. The third kappa shape index (κ3) is 2.91. The number of nitrogens with two attached hydrogens (primary N) is 1. The molecule has 158 valence electrons. The summed E-state index contributed by atoms with van der Waals surface area (Å²) in [4.78, 5) is 24.0. The lowest BCUT2D eigenvalue weighted by atomic mass is 9.75. The van der Waals surface area contributed by atoms with Gasteiger partial charge in [-0.1, -0.05) is 23.2 Å². The summed E-state index contributed by atoms with van der Waals surface area (Å²) >= 11 is 12.3. The molecule has 3 N–H and O–H groups in total. The molecule has 0 amide bonds. The molecule has 0 unspecified atom stereocenters. The topological polar surface area (TPSA) is 115 Å². The van der Waals surface area contributed by atoms with Gasteiger partial charge in [-0.15, -0.1) is 0 Å². The van der Waals surface area contributed by atoms with Crippen molar-refractivity contribution in [2.24, 2.45) is 18.2 Å². The average Bonchev–Trinajstić information content (AvgIpc) is 3.32. The normalized spacial score (nSPS) is 21.1. The van der Waals surface area contributed by atoms with Gasteiger partial charge in [-0.25, -0.2) is 4.98 Å². The zero-order chi connectivity index (χ0) is 21.0. The lowest BCUT2D eigenvalue weighted by molar-refractivity contribution is 0.131. The highest BCUT2D eigenvalue weighted by atomic mass is 35.5. The van der Waals surface area contributed by atoms with E-state index in [2.05, 4.69) is 20.1 Å². The summed E-state index contributed by atoms with van der Waals surface area (Å²) in [5.41, 5.74) is 7.46. The number of nitrogens with one attached hydrogen (secondary N) is 1. The Hall–Kier alpha value is -2.20. The molecule has 0 radical (unpaired) electrons. The molecule has 2 fully saturated rings. The predicted molar refractivity (Wildman–Crippen MR) is 115 cm³/mol. The minimum absolute atomic E-state index is 0.0258. The van der Waals surface area contributed by atoms with E-state index in [-0.39, 0.29) is 27.2 Å². The molecule has 0 saturated carbocycles. The number of anilines is 1. The third-order valence-corrected chi connectivity index (χ3v) is 7.16. The molecule has 0 bridgehead atoms. The van der Waals surface area contributed by atoms with E-state index in [1.54, 1.807) is 17.7 Å². The van der Waals surface area contributed by atoms with Crippen molar-refractivity contribution in [2.45, 2.75) is 18.9 Å². The second-order valence-electron chi connectivity index (χ2n) is 8.01. The van der Waals surface area contributed by atoms with E-state index in [1.807, 2.05) is 0 Å². The number of fused-ring (bicyclic) bond motifs is 1. The summed E-state index contributed by atoms with van der Waals surface area (Å²) in [6.07, 6.45) is 3.33. The van der Waals surface area contributed by atoms with Gasteiger partial charge in [-0.2, -0.15) is 10.1 Å². The van der Waals surface area contributed by atoms with Gasteiger partial charge in [0.25, 0.3) is 5.56 Å². The number of aromatic nitrogens is 5. The Bertz CT molecular complexity index is 1180. The van der Waals surface area contributed by atoms with Crippen molar-refractivity contribution in [3.05, 3.63) is 32.8 Å². The van der Waals surface area contributed by atoms with E-state index < -0.39 is 0 Å². The van der Waals surface area contributed by atoms with Crippen LogP contribution in [0.15, 0.2) is 17.1 Å². The molecule has 5 heterocycles. The number of hydrogen-bond donors (Lipinski definition) is 2. The first kappa shape index (κ1) is 19.7. The number of H-pyrrole nitrogens is 1. The molecule has 30 heavy (non-hydrogen) atoms. The number of rotatable bonds is 2. The number of pyridine rings is 1. The molecule has 0 aromatic carbocycles. The van der Waals surface area contributed by atoms with Crippen LogP contribution >= 0.6 is 23.2 Å². The summed E-state index contributed by atoms with van der Waals surface area (Å²) < 4.78 is 7.16. The Labute approximate surface area is 182 Å². The van der Waals surface area contributed by atoms with Crippen molar-refractivity contribution in [3.63, 3.8) is 0 Å². The molecule has 0 aliphatic carbocycles. The Morgan fingerprint density at radius 2 is 2.10 bits per heavy atom. The minimum atomic E-state index is -0.205. The van der Waals surface area contributed by atoms with Gasteiger partial charge in [0.2, 0.25) is 5.95 Å². The fourth-order valence-corrected chi connectivity index (χ4v) is 4.83. The van der Waals surface area contributed by atoms with Gasteiger partial charge in [0.1, 0.15) is 16.2 Å². The molecule has 2 aliphatic heterocycles. The summed E-state index contributed by atoms with van der Waals surface area (Å²) in [5.74, 6) is 0.601. The molecular weight excluding hydrogens is 429 g/mol. The summed E-state index contributed by atoms with van der Waals surface area (Å²) in [6, 6.07) is 1.74.